The maximum atomic E-state index is 12.6. The van der Waals surface area contributed by atoms with Gasteiger partial charge in [-0.2, -0.15) is 0 Å². The number of benzene rings is 3. The molecule has 0 atom stereocenters. The first-order valence-electron chi connectivity index (χ1n) is 8.72. The fourth-order valence-electron chi connectivity index (χ4n) is 2.90. The summed E-state index contributed by atoms with van der Waals surface area (Å²) in [6, 6.07) is 18.3. The van der Waals surface area contributed by atoms with Crippen LogP contribution in [0, 0.1) is 6.92 Å². The lowest BCUT2D eigenvalue weighted by Gasteiger charge is -2.10. The Kier molecular flexibility index (Phi) is 5.12. The highest BCUT2D eigenvalue weighted by Gasteiger charge is 2.27. The first-order chi connectivity index (χ1) is 13.5. The first kappa shape index (κ1) is 18.6. The summed E-state index contributed by atoms with van der Waals surface area (Å²) in [5.41, 5.74) is 3.29. The van der Waals surface area contributed by atoms with Gasteiger partial charge in [0.15, 0.2) is 5.76 Å². The van der Waals surface area contributed by atoms with Gasteiger partial charge in [-0.1, -0.05) is 59.1 Å². The molecule has 0 N–H and O–H groups in total. The van der Waals surface area contributed by atoms with E-state index in [2.05, 4.69) is 0 Å². The van der Waals surface area contributed by atoms with Gasteiger partial charge in [0.25, 0.3) is 0 Å². The van der Waals surface area contributed by atoms with Crippen LogP contribution >= 0.6 is 23.2 Å². The van der Waals surface area contributed by atoms with Crippen LogP contribution in [0.4, 0.5) is 0 Å². The van der Waals surface area contributed by atoms with Gasteiger partial charge in [0.2, 0.25) is 5.78 Å². The Morgan fingerprint density at radius 2 is 1.71 bits per heavy atom. The van der Waals surface area contributed by atoms with Gasteiger partial charge in [-0.3, -0.25) is 4.79 Å². The molecule has 0 aromatic heterocycles. The summed E-state index contributed by atoms with van der Waals surface area (Å²) in [6.07, 6.45) is 1.74. The number of rotatable bonds is 4. The molecule has 5 heteroatoms. The van der Waals surface area contributed by atoms with E-state index >= 15 is 0 Å². The molecule has 3 nitrogen and oxygen atoms in total. The highest BCUT2D eigenvalue weighted by molar-refractivity contribution is 6.35. The molecule has 3 aromatic rings. The van der Waals surface area contributed by atoms with Gasteiger partial charge in [-0.05, 0) is 42.8 Å². The number of fused-ring (bicyclic) bond motifs is 1. The van der Waals surface area contributed by atoms with Gasteiger partial charge in [0, 0.05) is 21.7 Å². The number of carbonyl (C=O) groups excluding carboxylic acids is 1. The first-order valence-corrected chi connectivity index (χ1v) is 9.47. The monoisotopic (exact) mass is 410 g/mol. The maximum absolute atomic E-state index is 12.6. The lowest BCUT2D eigenvalue weighted by Crippen LogP contribution is -1.98. The van der Waals surface area contributed by atoms with E-state index in [4.69, 9.17) is 32.7 Å². The van der Waals surface area contributed by atoms with E-state index in [9.17, 15) is 4.79 Å². The second-order valence-corrected chi connectivity index (χ2v) is 7.31. The van der Waals surface area contributed by atoms with Crippen molar-refractivity contribution in [3.8, 4) is 11.5 Å². The van der Waals surface area contributed by atoms with E-state index < -0.39 is 0 Å². The molecule has 0 aliphatic carbocycles. The molecule has 0 radical (unpaired) electrons. The zero-order valence-electron chi connectivity index (χ0n) is 15.0. The van der Waals surface area contributed by atoms with Gasteiger partial charge in [0.1, 0.15) is 18.1 Å². The third kappa shape index (κ3) is 3.77. The molecule has 1 heterocycles. The zero-order valence-corrected chi connectivity index (χ0v) is 16.6. The number of carbonyl (C=O) groups is 1. The Labute approximate surface area is 173 Å². The Hall–Kier alpha value is -2.75. The molecule has 4 rings (SSSR count). The van der Waals surface area contributed by atoms with E-state index in [1.165, 1.54) is 0 Å². The van der Waals surface area contributed by atoms with Crippen LogP contribution in [-0.2, 0) is 6.61 Å². The smallest absolute Gasteiger partial charge is 0.231 e. The molecule has 0 unspecified atom stereocenters. The van der Waals surface area contributed by atoms with Gasteiger partial charge in [-0.15, -0.1) is 0 Å². The molecule has 0 amide bonds. The van der Waals surface area contributed by atoms with Crippen LogP contribution in [0.3, 0.4) is 0 Å². The van der Waals surface area contributed by atoms with E-state index in [1.807, 2.05) is 31.2 Å². The highest BCUT2D eigenvalue weighted by Crippen LogP contribution is 2.35. The summed E-state index contributed by atoms with van der Waals surface area (Å²) in [5.74, 6) is 1.20. The number of aryl methyl sites for hydroxylation is 1. The fourth-order valence-corrected chi connectivity index (χ4v) is 3.40. The quantitative estimate of drug-likeness (QED) is 0.460. The number of Topliss-reactive ketones (excluding diaryl/α,β-unsaturated/α-hetero) is 1. The van der Waals surface area contributed by atoms with E-state index in [-0.39, 0.29) is 12.4 Å². The Morgan fingerprint density at radius 1 is 1.00 bits per heavy atom. The van der Waals surface area contributed by atoms with Gasteiger partial charge >= 0.3 is 0 Å². The molecular weight excluding hydrogens is 395 g/mol. The van der Waals surface area contributed by atoms with Crippen molar-refractivity contribution in [1.82, 2.24) is 0 Å². The summed E-state index contributed by atoms with van der Waals surface area (Å²) in [5, 5.41) is 1.09. The predicted octanol–water partition coefficient (Wildman–Crippen LogP) is 6.50. The average molecular weight is 411 g/mol. The molecule has 3 aromatic carbocycles. The van der Waals surface area contributed by atoms with Crippen molar-refractivity contribution < 1.29 is 14.3 Å². The number of hydrogen-bond acceptors (Lipinski definition) is 3. The van der Waals surface area contributed by atoms with Crippen LogP contribution in [0.25, 0.3) is 6.08 Å². The topological polar surface area (TPSA) is 35.5 Å². The summed E-state index contributed by atoms with van der Waals surface area (Å²) in [4.78, 5) is 12.6. The molecule has 1 aliphatic rings. The summed E-state index contributed by atoms with van der Waals surface area (Å²) < 4.78 is 11.6. The van der Waals surface area contributed by atoms with E-state index in [1.54, 1.807) is 42.5 Å². The number of allylic oxidation sites excluding steroid dienone is 1. The largest absolute Gasteiger partial charge is 0.489 e. The van der Waals surface area contributed by atoms with Crippen molar-refractivity contribution in [1.29, 1.82) is 0 Å². The SMILES string of the molecule is Cc1ccc(/C=C2\Oc3cc(OCc4c(Cl)cccc4Cl)ccc3C2=O)cc1. The van der Waals surface area contributed by atoms with Crippen molar-refractivity contribution >= 4 is 35.1 Å². The second-order valence-electron chi connectivity index (χ2n) is 6.50. The third-order valence-electron chi connectivity index (χ3n) is 4.46. The molecule has 28 heavy (non-hydrogen) atoms. The van der Waals surface area contributed by atoms with Crippen molar-refractivity contribution in [2.24, 2.45) is 0 Å². The van der Waals surface area contributed by atoms with Crippen molar-refractivity contribution in [3.63, 3.8) is 0 Å². The molecular formula is C23H16Cl2O3. The number of ketones is 1. The molecule has 0 saturated heterocycles. The van der Waals surface area contributed by atoms with Crippen molar-refractivity contribution in [2.45, 2.75) is 13.5 Å². The molecule has 140 valence electrons. The average Bonchev–Trinajstić information content (AvgIpc) is 2.98. The number of ether oxygens (including phenoxy) is 2. The number of halogens is 2. The van der Waals surface area contributed by atoms with Gasteiger partial charge in [0.05, 0.1) is 5.56 Å². The van der Waals surface area contributed by atoms with Gasteiger partial charge < -0.3 is 9.47 Å². The van der Waals surface area contributed by atoms with Crippen LogP contribution in [0.5, 0.6) is 11.5 Å². The van der Waals surface area contributed by atoms with E-state index in [0.29, 0.717) is 38.4 Å². The second kappa shape index (κ2) is 7.70. The van der Waals surface area contributed by atoms with Crippen LogP contribution in [0.1, 0.15) is 27.0 Å². The van der Waals surface area contributed by atoms with Crippen LogP contribution in [0.15, 0.2) is 66.4 Å². The van der Waals surface area contributed by atoms with E-state index in [0.717, 1.165) is 11.1 Å². The molecule has 0 fully saturated rings. The minimum absolute atomic E-state index is 0.142. The summed E-state index contributed by atoms with van der Waals surface area (Å²) in [7, 11) is 0. The Balaban J connectivity index is 1.53. The highest BCUT2D eigenvalue weighted by atomic mass is 35.5. The molecule has 0 bridgehead atoms. The van der Waals surface area contributed by atoms with Crippen LogP contribution in [-0.4, -0.2) is 5.78 Å². The van der Waals surface area contributed by atoms with Crippen LogP contribution in [0.2, 0.25) is 10.0 Å². The fraction of sp³-hybridized carbons (Fsp3) is 0.0870. The van der Waals surface area contributed by atoms with Gasteiger partial charge in [-0.25, -0.2) is 0 Å². The Morgan fingerprint density at radius 3 is 2.43 bits per heavy atom. The lowest BCUT2D eigenvalue weighted by atomic mass is 10.1. The minimum atomic E-state index is -0.142. The molecule has 0 spiro atoms. The minimum Gasteiger partial charge on any atom is -0.489 e. The Bertz CT molecular complexity index is 1070. The number of hydrogen-bond donors (Lipinski definition) is 0. The summed E-state index contributed by atoms with van der Waals surface area (Å²) >= 11 is 12.3. The normalized spacial score (nSPS) is 14.1. The third-order valence-corrected chi connectivity index (χ3v) is 5.17. The molecule has 1 aliphatic heterocycles. The maximum Gasteiger partial charge on any atom is 0.231 e. The predicted molar refractivity (Wildman–Crippen MR) is 111 cm³/mol. The summed E-state index contributed by atoms with van der Waals surface area (Å²) in [6.45, 7) is 2.23. The zero-order chi connectivity index (χ0) is 19.7. The van der Waals surface area contributed by atoms with Crippen molar-refractivity contribution in [2.75, 3.05) is 0 Å². The lowest BCUT2D eigenvalue weighted by molar-refractivity contribution is 0.101. The standard InChI is InChI=1S/C23H16Cl2O3/c1-14-5-7-15(8-6-14)11-22-23(26)17-10-9-16(12-21(17)28-22)27-13-18-19(24)3-2-4-20(18)25/h2-12H,13H2,1H3/b22-11-. The molecule has 0 saturated carbocycles. The van der Waals surface area contributed by atoms with Crippen LogP contribution < -0.4 is 9.47 Å². The van der Waals surface area contributed by atoms with Crippen molar-refractivity contribution in [3.05, 3.63) is 98.7 Å².